The Hall–Kier alpha value is -1.94. The average Bonchev–Trinajstić information content (AvgIpc) is 0.911. The fraction of sp³-hybridized carbons (Fsp3) is 0.954. The highest BCUT2D eigenvalue weighted by atomic mass is 31.2. The van der Waals surface area contributed by atoms with E-state index in [1.165, 1.54) is 263 Å². The van der Waals surface area contributed by atoms with E-state index in [9.17, 15) is 43.2 Å². The van der Waals surface area contributed by atoms with Crippen LogP contribution in [-0.4, -0.2) is 96.7 Å². The number of unbranched alkanes of at least 4 members (excludes halogenated alkanes) is 52. The lowest BCUT2D eigenvalue weighted by Crippen LogP contribution is -2.30. The van der Waals surface area contributed by atoms with Crippen LogP contribution in [-0.2, 0) is 65.4 Å². The number of carbonyl (C=O) groups excluding carboxylic acids is 4. The number of aliphatic hydroxyl groups is 1. The van der Waals surface area contributed by atoms with Crippen molar-refractivity contribution in [1.29, 1.82) is 0 Å². The standard InChI is InChI=1S/C87H170O17P2/c1-8-10-11-12-13-14-15-16-17-18-19-20-21-26-32-37-42-47-56-63-70-86(91)103-82(74-97-84(89)68-61-54-46-41-36-31-27-22-24-29-34-39-44-51-58-65-78(3)4)76-101-105(93,94)99-72-81(88)73-100-106(95,96)102-77-83(75-98-85(90)69-62-55-50-49-53-60-67-80(7)9-2)104-87(92)71-64-57-48-43-38-33-28-23-25-30-35-40-45-52-59-66-79(5)6/h78-83,88H,8-77H2,1-7H3,(H,93,94)(H,95,96)/t80?,81-,82-,83-/m1/s1. The van der Waals surface area contributed by atoms with Crippen molar-refractivity contribution < 1.29 is 80.2 Å². The SMILES string of the molecule is CCCCCCCCCCCCCCCCCCCCCCC(=O)O[C@H](COC(=O)CCCCCCCCCCCCCCCCCC(C)C)COP(=O)(O)OC[C@@H](O)COP(=O)(O)OC[C@@H](COC(=O)CCCCCCCCC(C)CC)OC(=O)CCCCCCCCCCCCCCCCCC(C)C. The molecule has 3 N–H and O–H groups in total. The van der Waals surface area contributed by atoms with E-state index in [2.05, 4.69) is 48.5 Å². The number of hydrogen-bond donors (Lipinski definition) is 3. The molecular weight excluding hydrogens is 1380 g/mol. The lowest BCUT2D eigenvalue weighted by atomic mass is 10.00. The largest absolute Gasteiger partial charge is 0.472 e. The molecule has 0 saturated carbocycles. The van der Waals surface area contributed by atoms with E-state index in [1.807, 2.05) is 0 Å². The van der Waals surface area contributed by atoms with Gasteiger partial charge in [-0.1, -0.05) is 408 Å². The predicted molar refractivity (Wildman–Crippen MR) is 437 cm³/mol. The van der Waals surface area contributed by atoms with Crippen LogP contribution in [0.4, 0.5) is 0 Å². The fourth-order valence-corrected chi connectivity index (χ4v) is 15.1. The normalized spacial score (nSPS) is 14.1. The van der Waals surface area contributed by atoms with E-state index in [0.29, 0.717) is 25.7 Å². The Morgan fingerprint density at radius 3 is 0.717 bits per heavy atom. The number of phosphoric acid groups is 2. The molecule has 0 radical (unpaired) electrons. The number of esters is 4. The summed E-state index contributed by atoms with van der Waals surface area (Å²) in [5, 5.41) is 10.7. The van der Waals surface area contributed by atoms with Gasteiger partial charge in [-0.3, -0.25) is 37.3 Å². The van der Waals surface area contributed by atoms with Gasteiger partial charge in [-0.15, -0.1) is 0 Å². The molecule has 0 bridgehead atoms. The summed E-state index contributed by atoms with van der Waals surface area (Å²) in [4.78, 5) is 73.3. The summed E-state index contributed by atoms with van der Waals surface area (Å²) in [7, 11) is -9.93. The van der Waals surface area contributed by atoms with E-state index < -0.39 is 97.5 Å². The smallest absolute Gasteiger partial charge is 0.462 e. The van der Waals surface area contributed by atoms with Crippen LogP contribution in [0.3, 0.4) is 0 Å². The van der Waals surface area contributed by atoms with Crippen LogP contribution in [0.2, 0.25) is 0 Å². The molecule has 0 aliphatic rings. The minimum atomic E-state index is -4.97. The molecule has 17 nitrogen and oxygen atoms in total. The maximum absolute atomic E-state index is 13.2. The second kappa shape index (κ2) is 77.0. The molecule has 0 rings (SSSR count). The summed E-state index contributed by atoms with van der Waals surface area (Å²) < 4.78 is 68.9. The second-order valence-corrected chi connectivity index (χ2v) is 35.4. The summed E-state index contributed by atoms with van der Waals surface area (Å²) in [6, 6.07) is 0. The molecule has 0 amide bonds. The minimum absolute atomic E-state index is 0.107. The van der Waals surface area contributed by atoms with Gasteiger partial charge >= 0.3 is 39.5 Å². The van der Waals surface area contributed by atoms with Crippen LogP contribution in [0.15, 0.2) is 0 Å². The van der Waals surface area contributed by atoms with Gasteiger partial charge in [0.15, 0.2) is 12.2 Å². The Labute approximate surface area is 651 Å². The van der Waals surface area contributed by atoms with Gasteiger partial charge in [-0.25, -0.2) is 9.13 Å². The van der Waals surface area contributed by atoms with Crippen molar-refractivity contribution in [3.63, 3.8) is 0 Å². The molecule has 3 unspecified atom stereocenters. The number of hydrogen-bond acceptors (Lipinski definition) is 15. The van der Waals surface area contributed by atoms with Crippen molar-refractivity contribution in [3.8, 4) is 0 Å². The summed E-state index contributed by atoms with van der Waals surface area (Å²) in [6.07, 6.45) is 68.1. The molecule has 630 valence electrons. The zero-order chi connectivity index (χ0) is 77.9. The number of rotatable bonds is 85. The van der Waals surface area contributed by atoms with Crippen molar-refractivity contribution in [2.45, 2.75) is 478 Å². The minimum Gasteiger partial charge on any atom is -0.462 e. The quantitative estimate of drug-likeness (QED) is 0.0222. The summed E-state index contributed by atoms with van der Waals surface area (Å²) >= 11 is 0. The molecule has 0 aliphatic heterocycles. The van der Waals surface area contributed by atoms with E-state index in [1.54, 1.807) is 0 Å². The topological polar surface area (TPSA) is 237 Å². The number of carbonyl (C=O) groups is 4. The van der Waals surface area contributed by atoms with E-state index >= 15 is 0 Å². The molecule has 106 heavy (non-hydrogen) atoms. The first kappa shape index (κ1) is 104. The highest BCUT2D eigenvalue weighted by Gasteiger charge is 2.31. The number of phosphoric ester groups is 2. The van der Waals surface area contributed by atoms with Gasteiger partial charge in [0.2, 0.25) is 0 Å². The van der Waals surface area contributed by atoms with Gasteiger partial charge in [0, 0.05) is 25.7 Å². The third kappa shape index (κ3) is 78.7. The third-order valence-electron chi connectivity index (χ3n) is 20.7. The molecule has 0 aliphatic carbocycles. The summed E-state index contributed by atoms with van der Waals surface area (Å²) in [6.45, 7) is 12.0. The Kier molecular flexibility index (Phi) is 75.6. The molecule has 0 aromatic heterocycles. The Morgan fingerprint density at radius 2 is 0.481 bits per heavy atom. The maximum Gasteiger partial charge on any atom is 0.472 e. The number of aliphatic hydroxyl groups excluding tert-OH is 1. The first-order chi connectivity index (χ1) is 51.3. The highest BCUT2D eigenvalue weighted by Crippen LogP contribution is 2.45. The maximum atomic E-state index is 13.2. The van der Waals surface area contributed by atoms with Gasteiger partial charge in [0.25, 0.3) is 0 Å². The predicted octanol–water partition coefficient (Wildman–Crippen LogP) is 26.5. The molecule has 0 saturated heterocycles. The summed E-state index contributed by atoms with van der Waals surface area (Å²) in [5.41, 5.74) is 0. The number of ether oxygens (including phenoxy) is 4. The van der Waals surface area contributed by atoms with Gasteiger partial charge in [-0.05, 0) is 43.4 Å². The van der Waals surface area contributed by atoms with Crippen molar-refractivity contribution in [2.24, 2.45) is 17.8 Å². The lowest BCUT2D eigenvalue weighted by molar-refractivity contribution is -0.161. The highest BCUT2D eigenvalue weighted by molar-refractivity contribution is 7.47. The van der Waals surface area contributed by atoms with Crippen molar-refractivity contribution >= 4 is 39.5 Å². The van der Waals surface area contributed by atoms with Crippen LogP contribution in [0.25, 0.3) is 0 Å². The molecule has 0 aromatic rings. The van der Waals surface area contributed by atoms with Gasteiger partial charge < -0.3 is 33.8 Å². The van der Waals surface area contributed by atoms with Crippen LogP contribution >= 0.6 is 15.6 Å². The van der Waals surface area contributed by atoms with Crippen molar-refractivity contribution in [3.05, 3.63) is 0 Å². The first-order valence-corrected chi connectivity index (χ1v) is 47.9. The van der Waals surface area contributed by atoms with Crippen LogP contribution in [0.5, 0.6) is 0 Å². The lowest BCUT2D eigenvalue weighted by Gasteiger charge is -2.21. The average molecular weight is 1550 g/mol. The van der Waals surface area contributed by atoms with Gasteiger partial charge in [0.1, 0.15) is 19.3 Å². The molecule has 0 aromatic carbocycles. The summed E-state index contributed by atoms with van der Waals surface area (Å²) in [5.74, 6) is 0.235. The zero-order valence-corrected chi connectivity index (χ0v) is 71.7. The molecule has 0 spiro atoms. The van der Waals surface area contributed by atoms with E-state index in [0.717, 1.165) is 114 Å². The zero-order valence-electron chi connectivity index (χ0n) is 69.9. The Bertz CT molecular complexity index is 2050. The van der Waals surface area contributed by atoms with Gasteiger partial charge in [0.05, 0.1) is 26.4 Å². The Balaban J connectivity index is 5.23. The third-order valence-corrected chi connectivity index (χ3v) is 22.6. The van der Waals surface area contributed by atoms with Crippen LogP contribution in [0, 0.1) is 17.8 Å². The van der Waals surface area contributed by atoms with Crippen LogP contribution in [0.1, 0.15) is 459 Å². The van der Waals surface area contributed by atoms with E-state index in [4.69, 9.17) is 37.0 Å². The van der Waals surface area contributed by atoms with E-state index in [-0.39, 0.29) is 25.7 Å². The molecule has 0 heterocycles. The molecule has 0 fully saturated rings. The van der Waals surface area contributed by atoms with Gasteiger partial charge in [-0.2, -0.15) is 0 Å². The molecular formula is C87H170O17P2. The monoisotopic (exact) mass is 1550 g/mol. The second-order valence-electron chi connectivity index (χ2n) is 32.5. The Morgan fingerprint density at radius 1 is 0.274 bits per heavy atom. The first-order valence-electron chi connectivity index (χ1n) is 44.9. The molecule has 19 heteroatoms. The molecule has 6 atom stereocenters. The van der Waals surface area contributed by atoms with Crippen molar-refractivity contribution in [2.75, 3.05) is 39.6 Å². The fourth-order valence-electron chi connectivity index (χ4n) is 13.5. The van der Waals surface area contributed by atoms with Crippen molar-refractivity contribution in [1.82, 2.24) is 0 Å². The van der Waals surface area contributed by atoms with Crippen LogP contribution < -0.4 is 0 Å².